The SMILES string of the molecule is Cc1cccc(C(=O)N=c2sc(Cl)c(C)n2CC2CC2)c1F. The molecule has 1 aliphatic rings. The summed E-state index contributed by atoms with van der Waals surface area (Å²) in [6.45, 7) is 4.36. The zero-order valence-electron chi connectivity index (χ0n) is 12.4. The fourth-order valence-corrected chi connectivity index (χ4v) is 3.45. The Hall–Kier alpha value is -1.46. The molecule has 1 aromatic heterocycles. The Kier molecular flexibility index (Phi) is 4.19. The van der Waals surface area contributed by atoms with Crippen LogP contribution in [-0.4, -0.2) is 10.5 Å². The minimum absolute atomic E-state index is 0.000137. The molecule has 1 aliphatic carbocycles. The Balaban J connectivity index is 2.02. The normalized spacial score (nSPS) is 15.4. The van der Waals surface area contributed by atoms with Crippen molar-refractivity contribution in [3.63, 3.8) is 0 Å². The third-order valence-electron chi connectivity index (χ3n) is 3.86. The third kappa shape index (κ3) is 3.01. The quantitative estimate of drug-likeness (QED) is 0.829. The van der Waals surface area contributed by atoms with E-state index in [9.17, 15) is 9.18 Å². The molecule has 116 valence electrons. The summed E-state index contributed by atoms with van der Waals surface area (Å²) in [6, 6.07) is 4.75. The van der Waals surface area contributed by atoms with Gasteiger partial charge >= 0.3 is 0 Å². The number of benzene rings is 1. The molecule has 0 bridgehead atoms. The van der Waals surface area contributed by atoms with Crippen LogP contribution < -0.4 is 4.80 Å². The van der Waals surface area contributed by atoms with Crippen molar-refractivity contribution in [2.75, 3.05) is 0 Å². The molecule has 0 spiro atoms. The Morgan fingerprint density at radius 3 is 2.86 bits per heavy atom. The Bertz CT molecular complexity index is 805. The fraction of sp³-hybridized carbons (Fsp3) is 0.375. The summed E-state index contributed by atoms with van der Waals surface area (Å²) in [5.41, 5.74) is 1.35. The molecular formula is C16H16ClFN2OS. The van der Waals surface area contributed by atoms with Gasteiger partial charge in [0, 0.05) is 12.2 Å². The highest BCUT2D eigenvalue weighted by Crippen LogP contribution is 2.31. The largest absolute Gasteiger partial charge is 0.319 e. The van der Waals surface area contributed by atoms with E-state index >= 15 is 0 Å². The zero-order valence-corrected chi connectivity index (χ0v) is 14.0. The Morgan fingerprint density at radius 2 is 2.18 bits per heavy atom. The summed E-state index contributed by atoms with van der Waals surface area (Å²) in [4.78, 5) is 17.0. The number of nitrogens with zero attached hydrogens (tertiary/aromatic N) is 2. The molecule has 0 atom stereocenters. The highest BCUT2D eigenvalue weighted by atomic mass is 35.5. The van der Waals surface area contributed by atoms with Crippen molar-refractivity contribution in [2.45, 2.75) is 33.2 Å². The number of carbonyl (C=O) groups is 1. The maximum atomic E-state index is 14.0. The summed E-state index contributed by atoms with van der Waals surface area (Å²) in [5, 5.41) is 0. The van der Waals surface area contributed by atoms with E-state index in [2.05, 4.69) is 4.99 Å². The van der Waals surface area contributed by atoms with Crippen LogP contribution in [0.5, 0.6) is 0 Å². The molecule has 2 aromatic rings. The van der Waals surface area contributed by atoms with E-state index in [-0.39, 0.29) is 5.56 Å². The van der Waals surface area contributed by atoms with Gasteiger partial charge in [0.15, 0.2) is 4.80 Å². The van der Waals surface area contributed by atoms with Crippen molar-refractivity contribution in [1.82, 2.24) is 4.57 Å². The van der Waals surface area contributed by atoms with Crippen LogP contribution in [0.3, 0.4) is 0 Å². The molecule has 0 unspecified atom stereocenters. The standard InChI is InChI=1S/C16H16ClFN2OS/c1-9-4-3-5-12(13(9)18)15(21)19-16-20(8-11-6-7-11)10(2)14(17)22-16/h3-5,11H,6-8H2,1-2H3. The molecule has 1 saturated carbocycles. The minimum Gasteiger partial charge on any atom is -0.319 e. The summed E-state index contributed by atoms with van der Waals surface area (Å²) < 4.78 is 16.6. The van der Waals surface area contributed by atoms with Crippen LogP contribution in [0.15, 0.2) is 23.2 Å². The van der Waals surface area contributed by atoms with Crippen molar-refractivity contribution in [2.24, 2.45) is 10.9 Å². The van der Waals surface area contributed by atoms with E-state index in [0.717, 1.165) is 12.2 Å². The molecule has 1 aromatic carbocycles. The third-order valence-corrected chi connectivity index (χ3v) is 5.33. The smallest absolute Gasteiger partial charge is 0.282 e. The molecule has 1 heterocycles. The van der Waals surface area contributed by atoms with Gasteiger partial charge in [-0.05, 0) is 44.2 Å². The molecule has 3 nitrogen and oxygen atoms in total. The van der Waals surface area contributed by atoms with Gasteiger partial charge < -0.3 is 4.57 Å². The summed E-state index contributed by atoms with van der Waals surface area (Å²) in [6.07, 6.45) is 2.39. The number of amides is 1. The Morgan fingerprint density at radius 1 is 1.45 bits per heavy atom. The molecule has 0 N–H and O–H groups in total. The van der Waals surface area contributed by atoms with E-state index in [4.69, 9.17) is 11.6 Å². The lowest BCUT2D eigenvalue weighted by Gasteiger charge is -2.04. The molecule has 3 rings (SSSR count). The van der Waals surface area contributed by atoms with Crippen LogP contribution in [0, 0.1) is 25.6 Å². The van der Waals surface area contributed by atoms with Crippen LogP contribution in [0.4, 0.5) is 4.39 Å². The monoisotopic (exact) mass is 338 g/mol. The second kappa shape index (κ2) is 5.97. The second-order valence-corrected chi connectivity index (χ2v) is 7.23. The van der Waals surface area contributed by atoms with Crippen LogP contribution in [0.1, 0.15) is 34.5 Å². The Labute approximate surface area is 137 Å². The molecule has 0 aliphatic heterocycles. The molecular weight excluding hydrogens is 323 g/mol. The lowest BCUT2D eigenvalue weighted by molar-refractivity contribution is 0.0993. The molecule has 1 amide bonds. The van der Waals surface area contributed by atoms with E-state index in [0.29, 0.717) is 20.6 Å². The van der Waals surface area contributed by atoms with Gasteiger partial charge in [0.1, 0.15) is 10.2 Å². The summed E-state index contributed by atoms with van der Waals surface area (Å²) in [7, 11) is 0. The molecule has 22 heavy (non-hydrogen) atoms. The first kappa shape index (κ1) is 15.4. The highest BCUT2D eigenvalue weighted by molar-refractivity contribution is 7.13. The maximum absolute atomic E-state index is 14.0. The first-order valence-corrected chi connectivity index (χ1v) is 8.36. The van der Waals surface area contributed by atoms with Crippen molar-refractivity contribution < 1.29 is 9.18 Å². The molecule has 6 heteroatoms. The molecule has 0 radical (unpaired) electrons. The lowest BCUT2D eigenvalue weighted by atomic mass is 10.1. The van der Waals surface area contributed by atoms with Crippen molar-refractivity contribution >= 4 is 28.8 Å². The first-order valence-electron chi connectivity index (χ1n) is 7.17. The van der Waals surface area contributed by atoms with Gasteiger partial charge in [-0.2, -0.15) is 4.99 Å². The number of halogens is 2. The summed E-state index contributed by atoms with van der Waals surface area (Å²) in [5.74, 6) is -0.442. The van der Waals surface area contributed by atoms with Gasteiger partial charge in [0.05, 0.1) is 5.56 Å². The second-order valence-electron chi connectivity index (χ2n) is 5.65. The number of aromatic nitrogens is 1. The maximum Gasteiger partial charge on any atom is 0.282 e. The average molecular weight is 339 g/mol. The van der Waals surface area contributed by atoms with E-state index < -0.39 is 11.7 Å². The van der Waals surface area contributed by atoms with Gasteiger partial charge in [-0.3, -0.25) is 4.79 Å². The van der Waals surface area contributed by atoms with Crippen LogP contribution in [0.25, 0.3) is 0 Å². The van der Waals surface area contributed by atoms with Crippen molar-refractivity contribution in [1.29, 1.82) is 0 Å². The zero-order chi connectivity index (χ0) is 15.9. The number of hydrogen-bond donors (Lipinski definition) is 0. The van der Waals surface area contributed by atoms with E-state index in [1.54, 1.807) is 19.1 Å². The van der Waals surface area contributed by atoms with Gasteiger partial charge in [-0.1, -0.05) is 35.1 Å². The van der Waals surface area contributed by atoms with E-state index in [1.807, 2.05) is 11.5 Å². The van der Waals surface area contributed by atoms with Crippen LogP contribution in [-0.2, 0) is 6.54 Å². The molecule has 1 fully saturated rings. The minimum atomic E-state index is -0.566. The number of aryl methyl sites for hydroxylation is 1. The van der Waals surface area contributed by atoms with E-state index in [1.165, 1.54) is 30.2 Å². The van der Waals surface area contributed by atoms with Crippen LogP contribution >= 0.6 is 22.9 Å². The number of carbonyl (C=O) groups excluding carboxylic acids is 1. The van der Waals surface area contributed by atoms with Gasteiger partial charge in [-0.15, -0.1) is 0 Å². The number of hydrogen-bond acceptors (Lipinski definition) is 2. The van der Waals surface area contributed by atoms with Gasteiger partial charge in [0.25, 0.3) is 5.91 Å². The fourth-order valence-electron chi connectivity index (χ4n) is 2.28. The van der Waals surface area contributed by atoms with Gasteiger partial charge in [0.2, 0.25) is 0 Å². The first-order chi connectivity index (χ1) is 10.5. The van der Waals surface area contributed by atoms with Crippen LogP contribution in [0.2, 0.25) is 4.34 Å². The summed E-state index contributed by atoms with van der Waals surface area (Å²) >= 11 is 7.44. The van der Waals surface area contributed by atoms with Crippen molar-refractivity contribution in [3.05, 3.63) is 50.0 Å². The topological polar surface area (TPSA) is 34.4 Å². The van der Waals surface area contributed by atoms with Crippen molar-refractivity contribution in [3.8, 4) is 0 Å². The molecule has 0 saturated heterocycles. The predicted octanol–water partition coefficient (Wildman–Crippen LogP) is 4.11. The lowest BCUT2D eigenvalue weighted by Crippen LogP contribution is -2.19. The van der Waals surface area contributed by atoms with Gasteiger partial charge in [-0.25, -0.2) is 4.39 Å². The average Bonchev–Trinajstić information content (AvgIpc) is 3.25. The number of thiazole rings is 1. The number of rotatable bonds is 3. The predicted molar refractivity (Wildman–Crippen MR) is 85.8 cm³/mol. The highest BCUT2D eigenvalue weighted by Gasteiger charge is 2.24.